The van der Waals surface area contributed by atoms with E-state index >= 15 is 0 Å². The first-order valence-corrected chi connectivity index (χ1v) is 39.5. The number of ether oxygens (including phenoxy) is 6. The third-order valence-corrected chi connectivity index (χ3v) is 23.7. The molecule has 0 amide bonds. The molecule has 6 unspecified atom stereocenters. The lowest BCUT2D eigenvalue weighted by Gasteiger charge is -2.30. The molecule has 0 aromatic rings. The molecule has 0 aliphatic carbocycles. The summed E-state index contributed by atoms with van der Waals surface area (Å²) < 4.78 is 156. The Morgan fingerprint density at radius 2 is 0.613 bits per heavy atom. The van der Waals surface area contributed by atoms with E-state index in [2.05, 4.69) is 12.6 Å². The van der Waals surface area contributed by atoms with Crippen molar-refractivity contribution in [2.24, 2.45) is 35.5 Å². The zero-order valence-electron chi connectivity index (χ0n) is 48.2. The summed E-state index contributed by atoms with van der Waals surface area (Å²) in [6.07, 6.45) is 2.56. The predicted molar refractivity (Wildman–Crippen MR) is 312 cm³/mol. The van der Waals surface area contributed by atoms with Crippen molar-refractivity contribution in [3.8, 4) is 0 Å². The van der Waals surface area contributed by atoms with E-state index in [0.717, 1.165) is 0 Å². The van der Waals surface area contributed by atoms with Crippen LogP contribution in [0.4, 0.5) is 0 Å². The summed E-state index contributed by atoms with van der Waals surface area (Å²) in [4.78, 5) is 0. The van der Waals surface area contributed by atoms with Crippen molar-refractivity contribution in [3.63, 3.8) is 0 Å². The average Bonchev–Trinajstić information content (AvgIpc) is 4.14. The highest BCUT2D eigenvalue weighted by Crippen LogP contribution is 2.57. The fourth-order valence-electron chi connectivity index (χ4n) is 10.8. The molecule has 4 bridgehead atoms. The van der Waals surface area contributed by atoms with E-state index in [-0.39, 0.29) is 106 Å². The first-order valence-electron chi connectivity index (χ1n) is 27.0. The molecular formula is C45H79B7O22P6. The Morgan fingerprint density at radius 3 is 0.912 bits per heavy atom. The van der Waals surface area contributed by atoms with Crippen LogP contribution in [0.2, 0.25) is 0 Å². The van der Waals surface area contributed by atoms with Gasteiger partial charge in [-0.3, -0.25) is 18.3 Å². The van der Waals surface area contributed by atoms with E-state index in [1.165, 1.54) is 41.0 Å². The molecule has 0 saturated carbocycles. The Hall–Kier alpha value is 1.25. The lowest BCUT2D eigenvalue weighted by molar-refractivity contribution is -0.0316. The zero-order valence-corrected chi connectivity index (χ0v) is 53.6. The third kappa shape index (κ3) is 17.3. The standard InChI is InChI=1S/2C15H26B3O7P2.C15H27BO8P2/c2*1-8-10-6-21-27(5,19)25-12-9(2)14(16)22-11(12)7-20-26(3,4)24-13(8)15(18-17)23-10;1-8-10(3)21-11-6-19-26(5,18)24-14-9(2)15(16)22-12(14)7-20-25(4,17)23-13(8)11/h2*8-15H,3,6-7H2,1-2,4-5H3;8-15H,6-7H2,1-5H3/t2*8-,9-,10-,11-,12+,13-,14-,15-,26?,27?;8-,9+,10-,11+,12+,13-,14-,15+,25?,26?/m110/s1. The second-order valence-corrected chi connectivity index (χ2v) is 36.0. The first-order chi connectivity index (χ1) is 37.0. The molecule has 80 heavy (non-hydrogen) atoms. The normalized spacial score (nSPS) is 55.0. The minimum absolute atomic E-state index is 0.00576. The highest BCUT2D eigenvalue weighted by atomic mass is 31.2. The molecule has 9 fully saturated rings. The van der Waals surface area contributed by atoms with Gasteiger partial charge in [0.25, 0.3) is 0 Å². The molecule has 30 atom stereocenters. The summed E-state index contributed by atoms with van der Waals surface area (Å²) in [5.74, 6) is -0.690. The topological polar surface area (TPSA) is 234 Å². The van der Waals surface area contributed by atoms with E-state index in [0.29, 0.717) is 0 Å². The van der Waals surface area contributed by atoms with Crippen LogP contribution in [0.15, 0.2) is 0 Å². The van der Waals surface area contributed by atoms with Crippen LogP contribution in [-0.4, -0.2) is 255 Å². The molecule has 9 aliphatic heterocycles. The molecule has 9 rings (SSSR count). The van der Waals surface area contributed by atoms with Crippen LogP contribution >= 0.6 is 45.1 Å². The van der Waals surface area contributed by atoms with Gasteiger partial charge in [0, 0.05) is 121 Å². The van der Waals surface area contributed by atoms with E-state index in [4.69, 9.17) is 122 Å². The molecule has 35 heteroatoms. The van der Waals surface area contributed by atoms with Gasteiger partial charge in [-0.05, 0) is 6.92 Å². The van der Waals surface area contributed by atoms with Crippen molar-refractivity contribution in [2.75, 3.05) is 79.6 Å². The van der Waals surface area contributed by atoms with Gasteiger partial charge in [-0.2, -0.15) is 0 Å². The lowest BCUT2D eigenvalue weighted by Crippen LogP contribution is -2.35. The second kappa shape index (κ2) is 27.6. The Morgan fingerprint density at radius 1 is 0.350 bits per heavy atom. The van der Waals surface area contributed by atoms with Crippen molar-refractivity contribution >= 4 is 111 Å². The summed E-state index contributed by atoms with van der Waals surface area (Å²) in [5.41, 5.74) is 0. The number of hydrogen-bond donors (Lipinski definition) is 0. The summed E-state index contributed by atoms with van der Waals surface area (Å²) in [6.45, 7) is 23.3. The van der Waals surface area contributed by atoms with Crippen molar-refractivity contribution in [1.29, 1.82) is 0 Å². The van der Waals surface area contributed by atoms with Gasteiger partial charge in [0.1, 0.15) is 68.7 Å². The summed E-state index contributed by atoms with van der Waals surface area (Å²) in [7, 11) is 13.9. The molecule has 442 valence electrons. The maximum absolute atomic E-state index is 12.9. The Balaban J connectivity index is 0.000000173. The molecule has 9 aliphatic rings. The predicted octanol–water partition coefficient (Wildman–Crippen LogP) is 4.83. The Labute approximate surface area is 482 Å². The van der Waals surface area contributed by atoms with E-state index in [1.54, 1.807) is 0 Å². The smallest absolute Gasteiger partial charge is 0.328 e. The van der Waals surface area contributed by atoms with Crippen molar-refractivity contribution in [3.05, 3.63) is 0 Å². The van der Waals surface area contributed by atoms with Gasteiger partial charge in [-0.1, -0.05) is 54.1 Å². The highest BCUT2D eigenvalue weighted by molar-refractivity contribution is 7.64. The molecule has 12 radical (unpaired) electrons. The van der Waals surface area contributed by atoms with Crippen LogP contribution in [0.25, 0.3) is 0 Å². The van der Waals surface area contributed by atoms with Gasteiger partial charge in [0.2, 0.25) is 0 Å². The largest absolute Gasteiger partial charge is 0.379 e. The van der Waals surface area contributed by atoms with E-state index in [1.807, 2.05) is 61.8 Å². The maximum atomic E-state index is 12.9. The molecule has 9 heterocycles. The monoisotopic (exact) mass is 1230 g/mol. The van der Waals surface area contributed by atoms with Crippen LogP contribution in [0.5, 0.6) is 0 Å². The van der Waals surface area contributed by atoms with Crippen LogP contribution in [0.3, 0.4) is 0 Å². The van der Waals surface area contributed by atoms with Crippen LogP contribution in [0, 0.1) is 35.5 Å². The fraction of sp³-hybridized carbons (Fsp3) is 0.956. The highest BCUT2D eigenvalue weighted by Gasteiger charge is 2.52. The summed E-state index contributed by atoms with van der Waals surface area (Å²) in [5, 5.41) is 0. The quantitative estimate of drug-likeness (QED) is 0.266. The molecule has 0 N–H and O–H groups in total. The minimum atomic E-state index is -3.39. The SMILES string of the molecule is [B][B][C@@H]1O[C@@H]2COP(C)(=O)O[C@H]3[C@@H](C)[C@H]([B])O[C@@H]3COP(=C)(C)O[C@@H]1[C@@H]2C.[B][B][C@@H]1O[C@@H]2COP(C)(=O)O[C@H]3[C@@H](C)[C@H]([B])O[C@@H]3COP(=C)(C)O[C@@H]1[C@@H]2C.[B][C@@H]1O[C@@H]2COP(C)(=O)O[C@H]3[C@@H](C)[C@H](C)O[C@@H]3COP(C)(=O)O[C@H]2[C@H]1C. The minimum Gasteiger partial charge on any atom is -0.379 e. The molecular weight excluding hydrogens is 1150 g/mol. The first kappa shape index (κ1) is 68.7. The second-order valence-electron chi connectivity index (χ2n) is 22.9. The van der Waals surface area contributed by atoms with Gasteiger partial charge >= 0.3 is 30.4 Å². The van der Waals surface area contributed by atoms with Crippen LogP contribution < -0.4 is 0 Å². The van der Waals surface area contributed by atoms with Gasteiger partial charge < -0.3 is 82.7 Å². The number of rotatable bonds is 2. The summed E-state index contributed by atoms with van der Waals surface area (Å²) in [6, 6.07) is -2.53. The molecule has 0 aromatic carbocycles. The maximum Gasteiger partial charge on any atom is 0.328 e. The van der Waals surface area contributed by atoms with Gasteiger partial charge in [-0.15, -0.1) is 0 Å². The molecule has 0 aromatic heterocycles. The van der Waals surface area contributed by atoms with Gasteiger partial charge in [0.15, 0.2) is 0 Å². The third-order valence-electron chi connectivity index (χ3n) is 16.0. The van der Waals surface area contributed by atoms with Crippen molar-refractivity contribution < 1.29 is 101 Å². The average molecular weight is 1230 g/mol. The molecule has 9 saturated heterocycles. The number of fused-ring (bicyclic) bond motifs is 8. The van der Waals surface area contributed by atoms with E-state index in [9.17, 15) is 18.3 Å². The Kier molecular flexibility index (Phi) is 23.7. The summed E-state index contributed by atoms with van der Waals surface area (Å²) >= 11 is 0. The van der Waals surface area contributed by atoms with Gasteiger partial charge in [0.05, 0.1) is 103 Å². The molecule has 22 nitrogen and oxygen atoms in total. The fourth-order valence-corrected chi connectivity index (χ4v) is 18.5. The Bertz CT molecular complexity index is 2240. The number of hydrogen-bond acceptors (Lipinski definition) is 22. The zero-order chi connectivity index (χ0) is 59.2. The molecule has 0 spiro atoms. The lowest BCUT2D eigenvalue weighted by atomic mass is 9.50. The van der Waals surface area contributed by atoms with Crippen LogP contribution in [0.1, 0.15) is 48.5 Å². The van der Waals surface area contributed by atoms with Crippen molar-refractivity contribution in [2.45, 2.75) is 158 Å². The van der Waals surface area contributed by atoms with E-state index < -0.39 is 124 Å². The van der Waals surface area contributed by atoms with Crippen LogP contribution in [-0.2, 0) is 101 Å². The van der Waals surface area contributed by atoms with Crippen molar-refractivity contribution in [1.82, 2.24) is 0 Å². The van der Waals surface area contributed by atoms with Gasteiger partial charge in [-0.25, -0.2) is 0 Å².